The van der Waals surface area contributed by atoms with Crippen LogP contribution < -0.4 is 5.32 Å². The number of hydrogen-bond donors (Lipinski definition) is 1. The van der Waals surface area contributed by atoms with E-state index in [2.05, 4.69) is 12.2 Å². The predicted octanol–water partition coefficient (Wildman–Crippen LogP) is 2.02. The van der Waals surface area contributed by atoms with E-state index < -0.39 is 0 Å². The number of alkyl halides is 1. The summed E-state index contributed by atoms with van der Waals surface area (Å²) in [6.07, 6.45) is 3.73. The van der Waals surface area contributed by atoms with Gasteiger partial charge in [-0.25, -0.2) is 0 Å². The molecular weight excluding hydrogens is 174 g/mol. The smallest absolute Gasteiger partial charge is 0.0591 e. The minimum Gasteiger partial charge on any atom is -0.379 e. The molecule has 2 nitrogen and oxygen atoms in total. The van der Waals surface area contributed by atoms with E-state index >= 15 is 0 Å². The number of hydrogen-bond acceptors (Lipinski definition) is 2. The Morgan fingerprint density at radius 3 is 2.08 bits per heavy atom. The number of rotatable bonds is 3. The lowest BCUT2D eigenvalue weighted by Crippen LogP contribution is -2.30. The fourth-order valence-corrected chi connectivity index (χ4v) is 1.05. The van der Waals surface area contributed by atoms with Gasteiger partial charge in [0.2, 0.25) is 0 Å². The van der Waals surface area contributed by atoms with Crippen molar-refractivity contribution < 1.29 is 4.74 Å². The molecule has 0 spiro atoms. The topological polar surface area (TPSA) is 21.3 Å². The van der Waals surface area contributed by atoms with E-state index in [1.165, 1.54) is 19.3 Å². The second-order valence-electron chi connectivity index (χ2n) is 2.76. The van der Waals surface area contributed by atoms with Crippen LogP contribution in [0.25, 0.3) is 0 Å². The standard InChI is InChI=1S/C5H11Cl.C4H9NO/c1-2-3-4-5-6;1-3-6-4-2-5-1/h2-5H2,1H3;5H,1-4H2. The summed E-state index contributed by atoms with van der Waals surface area (Å²) >= 11 is 5.38. The molecule has 0 aliphatic carbocycles. The minimum absolute atomic E-state index is 0.827. The molecule has 0 aromatic heterocycles. The Morgan fingerprint density at radius 2 is 1.92 bits per heavy atom. The van der Waals surface area contributed by atoms with E-state index in [9.17, 15) is 0 Å². The summed E-state index contributed by atoms with van der Waals surface area (Å²) in [4.78, 5) is 0. The first-order chi connectivity index (χ1) is 5.91. The van der Waals surface area contributed by atoms with Gasteiger partial charge in [0.1, 0.15) is 0 Å². The molecule has 74 valence electrons. The van der Waals surface area contributed by atoms with E-state index in [0.29, 0.717) is 0 Å². The number of unbranched alkanes of at least 4 members (excludes halogenated alkanes) is 2. The van der Waals surface area contributed by atoms with Gasteiger partial charge >= 0.3 is 0 Å². The van der Waals surface area contributed by atoms with Gasteiger partial charge in [0.25, 0.3) is 0 Å². The molecule has 1 aliphatic rings. The fraction of sp³-hybridized carbons (Fsp3) is 1.00. The van der Waals surface area contributed by atoms with E-state index in [1.807, 2.05) is 0 Å². The first-order valence-electron chi connectivity index (χ1n) is 4.76. The third-order valence-corrected chi connectivity index (χ3v) is 1.85. The van der Waals surface area contributed by atoms with E-state index in [4.69, 9.17) is 16.3 Å². The second-order valence-corrected chi connectivity index (χ2v) is 3.14. The summed E-state index contributed by atoms with van der Waals surface area (Å²) in [5.41, 5.74) is 0. The number of nitrogens with one attached hydrogen (secondary N) is 1. The van der Waals surface area contributed by atoms with Crippen LogP contribution in [0.2, 0.25) is 0 Å². The van der Waals surface area contributed by atoms with Crippen molar-refractivity contribution in [1.82, 2.24) is 5.32 Å². The van der Waals surface area contributed by atoms with Gasteiger partial charge in [0, 0.05) is 19.0 Å². The highest BCUT2D eigenvalue weighted by Gasteiger charge is 1.92. The molecule has 1 saturated heterocycles. The summed E-state index contributed by atoms with van der Waals surface area (Å²) in [5.74, 6) is 0.827. The molecule has 3 heteroatoms. The predicted molar refractivity (Wildman–Crippen MR) is 53.9 cm³/mol. The summed E-state index contributed by atoms with van der Waals surface area (Å²) in [5, 5.41) is 3.16. The Hall–Kier alpha value is 0.210. The normalized spacial score (nSPS) is 16.5. The molecule has 1 rings (SSSR count). The molecule has 0 aromatic rings. The van der Waals surface area contributed by atoms with E-state index in [0.717, 1.165) is 32.2 Å². The van der Waals surface area contributed by atoms with Crippen LogP contribution in [0.3, 0.4) is 0 Å². The zero-order valence-electron chi connectivity index (χ0n) is 7.94. The van der Waals surface area contributed by atoms with Crippen molar-refractivity contribution in [3.63, 3.8) is 0 Å². The van der Waals surface area contributed by atoms with E-state index in [-0.39, 0.29) is 0 Å². The molecule has 1 heterocycles. The number of halogens is 1. The van der Waals surface area contributed by atoms with Crippen molar-refractivity contribution in [2.75, 3.05) is 32.2 Å². The average Bonchev–Trinajstić information content (AvgIpc) is 2.18. The first-order valence-corrected chi connectivity index (χ1v) is 5.29. The molecule has 1 aliphatic heterocycles. The highest BCUT2D eigenvalue weighted by atomic mass is 35.5. The highest BCUT2D eigenvalue weighted by Crippen LogP contribution is 1.93. The van der Waals surface area contributed by atoms with Crippen molar-refractivity contribution >= 4 is 11.6 Å². The lowest BCUT2D eigenvalue weighted by Gasteiger charge is -2.10. The average molecular weight is 194 g/mol. The third-order valence-electron chi connectivity index (χ3n) is 1.58. The van der Waals surface area contributed by atoms with E-state index in [1.54, 1.807) is 0 Å². The lowest BCUT2D eigenvalue weighted by molar-refractivity contribution is 0.109. The molecule has 0 saturated carbocycles. The summed E-state index contributed by atoms with van der Waals surface area (Å²) in [6.45, 7) is 6.01. The molecule has 0 amide bonds. The quantitative estimate of drug-likeness (QED) is 0.547. The van der Waals surface area contributed by atoms with Gasteiger partial charge < -0.3 is 10.1 Å². The Kier molecular flexibility index (Phi) is 11.4. The van der Waals surface area contributed by atoms with Gasteiger partial charge in [0.05, 0.1) is 13.2 Å². The van der Waals surface area contributed by atoms with Crippen molar-refractivity contribution in [2.24, 2.45) is 0 Å². The first kappa shape index (κ1) is 12.2. The molecule has 0 atom stereocenters. The minimum atomic E-state index is 0.827. The highest BCUT2D eigenvalue weighted by molar-refractivity contribution is 6.17. The fourth-order valence-electron chi connectivity index (χ4n) is 0.860. The monoisotopic (exact) mass is 193 g/mol. The summed E-state index contributed by atoms with van der Waals surface area (Å²) in [7, 11) is 0. The molecule has 12 heavy (non-hydrogen) atoms. The lowest BCUT2D eigenvalue weighted by atomic mass is 10.3. The Labute approximate surface area is 80.6 Å². The van der Waals surface area contributed by atoms with Gasteiger partial charge in [-0.2, -0.15) is 0 Å². The zero-order valence-corrected chi connectivity index (χ0v) is 8.70. The van der Waals surface area contributed by atoms with Gasteiger partial charge in [-0.3, -0.25) is 0 Å². The third kappa shape index (κ3) is 10.2. The molecule has 1 N–H and O–H groups in total. The second kappa shape index (κ2) is 11.2. The zero-order chi connectivity index (χ0) is 9.07. The van der Waals surface area contributed by atoms with Crippen LogP contribution in [-0.2, 0) is 4.74 Å². The summed E-state index contributed by atoms with van der Waals surface area (Å²) in [6, 6.07) is 0. The van der Waals surface area contributed by atoms with Crippen LogP contribution in [0, 0.1) is 0 Å². The largest absolute Gasteiger partial charge is 0.379 e. The van der Waals surface area contributed by atoms with Gasteiger partial charge in [-0.1, -0.05) is 19.8 Å². The Morgan fingerprint density at radius 1 is 1.25 bits per heavy atom. The Bertz CT molecular complexity index is 61.4. The molecular formula is C9H20ClNO. The van der Waals surface area contributed by atoms with Crippen LogP contribution in [0.15, 0.2) is 0 Å². The van der Waals surface area contributed by atoms with Gasteiger partial charge in [-0.05, 0) is 6.42 Å². The molecule has 0 unspecified atom stereocenters. The van der Waals surface area contributed by atoms with Crippen molar-refractivity contribution in [2.45, 2.75) is 26.2 Å². The van der Waals surface area contributed by atoms with Crippen LogP contribution in [0.1, 0.15) is 26.2 Å². The molecule has 0 aromatic carbocycles. The van der Waals surface area contributed by atoms with Crippen LogP contribution in [0.4, 0.5) is 0 Å². The van der Waals surface area contributed by atoms with Gasteiger partial charge in [0.15, 0.2) is 0 Å². The molecule has 1 fully saturated rings. The Balaban J connectivity index is 0.000000202. The van der Waals surface area contributed by atoms with Gasteiger partial charge in [-0.15, -0.1) is 11.6 Å². The maximum Gasteiger partial charge on any atom is 0.0591 e. The molecule has 0 bridgehead atoms. The summed E-state index contributed by atoms with van der Waals surface area (Å²) < 4.78 is 5.01. The van der Waals surface area contributed by atoms with Crippen molar-refractivity contribution in [3.05, 3.63) is 0 Å². The van der Waals surface area contributed by atoms with Crippen LogP contribution in [0.5, 0.6) is 0 Å². The SMILES string of the molecule is C1COCCN1.CCCCCCl. The van der Waals surface area contributed by atoms with Crippen LogP contribution in [-0.4, -0.2) is 32.2 Å². The maximum atomic E-state index is 5.38. The maximum absolute atomic E-state index is 5.38. The number of ether oxygens (including phenoxy) is 1. The van der Waals surface area contributed by atoms with Crippen molar-refractivity contribution in [1.29, 1.82) is 0 Å². The molecule has 0 radical (unpaired) electrons. The van der Waals surface area contributed by atoms with Crippen LogP contribution >= 0.6 is 11.6 Å². The number of morpholine rings is 1. The van der Waals surface area contributed by atoms with Crippen molar-refractivity contribution in [3.8, 4) is 0 Å².